The number of carboxylic acid groups (broad SMARTS) is 1. The Morgan fingerprint density at radius 2 is 1.80 bits per heavy atom. The third-order valence-electron chi connectivity index (χ3n) is 0. The van der Waals surface area contributed by atoms with E-state index in [2.05, 4.69) is 5.73 Å². The van der Waals surface area contributed by atoms with Crippen molar-refractivity contribution in [1.82, 2.24) is 0 Å². The fourth-order valence-electron chi connectivity index (χ4n) is 0. The van der Waals surface area contributed by atoms with Crippen molar-refractivity contribution in [2.24, 2.45) is 5.73 Å². The van der Waals surface area contributed by atoms with Crippen molar-refractivity contribution >= 4 is 19.6 Å². The van der Waals surface area contributed by atoms with E-state index in [4.69, 9.17) is 9.90 Å². The number of nitrogens with two attached hydrogens (primary N) is 1. The normalized spacial score (nSPS) is 4.80. The Labute approximate surface area is 36.2 Å². The molecule has 0 aliphatic heterocycles. The van der Waals surface area contributed by atoms with Gasteiger partial charge >= 0.3 is 6.09 Å². The van der Waals surface area contributed by atoms with Crippen molar-refractivity contribution in [2.45, 2.75) is 0 Å². The van der Waals surface area contributed by atoms with Crippen LogP contribution in [0.5, 0.6) is 0 Å². The molecule has 0 saturated carbocycles. The number of hydrogen-bond donors (Lipinski definition) is 2. The lowest BCUT2D eigenvalue weighted by atomic mass is 11.3. The van der Waals surface area contributed by atoms with Gasteiger partial charge in [-0.25, -0.2) is 4.79 Å². The summed E-state index contributed by atoms with van der Waals surface area (Å²) < 4.78 is 0. The van der Waals surface area contributed by atoms with Gasteiger partial charge in [0.05, 0.1) is 0 Å². The smallest absolute Gasteiger partial charge is 0.402 e. The molecule has 0 saturated heterocycles. The van der Waals surface area contributed by atoms with Crippen LogP contribution < -0.4 is 5.73 Å². The van der Waals surface area contributed by atoms with Gasteiger partial charge in [0.1, 0.15) is 0 Å². The minimum absolute atomic E-state index is 0. The van der Waals surface area contributed by atoms with Crippen LogP contribution in [0.3, 0.4) is 0 Å². The topological polar surface area (TPSA) is 63.3 Å². The summed E-state index contributed by atoms with van der Waals surface area (Å²) in [6.45, 7) is 0. The maximum atomic E-state index is 8.78. The van der Waals surface area contributed by atoms with E-state index in [-0.39, 0.29) is 13.5 Å². The standard InChI is InChI=1S/CH3NO2.H2S/c2-1(3)4;/h2H2,(H,3,4);1H2. The van der Waals surface area contributed by atoms with Crippen molar-refractivity contribution in [2.75, 3.05) is 0 Å². The van der Waals surface area contributed by atoms with E-state index in [0.29, 0.717) is 0 Å². The molecular weight excluding hydrogens is 90.1 g/mol. The predicted molar refractivity (Wildman–Crippen MR) is 22.6 cm³/mol. The molecule has 0 bridgehead atoms. The first-order chi connectivity index (χ1) is 1.73. The first kappa shape index (κ1) is 8.82. The van der Waals surface area contributed by atoms with Crippen molar-refractivity contribution in [3.63, 3.8) is 0 Å². The van der Waals surface area contributed by atoms with Crippen LogP contribution in [0.25, 0.3) is 0 Å². The number of carbonyl (C=O) groups is 1. The molecule has 0 aromatic heterocycles. The fraction of sp³-hybridized carbons (Fsp3) is 0. The van der Waals surface area contributed by atoms with E-state index < -0.39 is 6.09 Å². The molecule has 4 heteroatoms. The predicted octanol–water partition coefficient (Wildman–Crippen LogP) is -0.264. The quantitative estimate of drug-likeness (QED) is 0.435. The summed E-state index contributed by atoms with van der Waals surface area (Å²) in [5, 5.41) is 7.19. The second-order valence-electron chi connectivity index (χ2n) is 0.338. The third kappa shape index (κ3) is 65.8. The zero-order valence-corrected chi connectivity index (χ0v) is 3.43. The van der Waals surface area contributed by atoms with E-state index in [1.165, 1.54) is 0 Å². The SMILES string of the molecule is NC(=O)O.S. The van der Waals surface area contributed by atoms with Crippen LogP contribution in [0, 0.1) is 0 Å². The Kier molecular flexibility index (Phi) is 6.39. The summed E-state index contributed by atoms with van der Waals surface area (Å²) in [4.78, 5) is 8.78. The highest BCUT2D eigenvalue weighted by Gasteiger charge is 1.65. The zero-order chi connectivity index (χ0) is 3.58. The highest BCUT2D eigenvalue weighted by Crippen LogP contribution is 1.34. The second kappa shape index (κ2) is 3.62. The van der Waals surface area contributed by atoms with Crippen molar-refractivity contribution in [3.05, 3.63) is 0 Å². The Morgan fingerprint density at radius 3 is 1.80 bits per heavy atom. The van der Waals surface area contributed by atoms with E-state index >= 15 is 0 Å². The molecule has 0 aromatic rings. The first-order valence-electron chi connectivity index (χ1n) is 0.716. The maximum Gasteiger partial charge on any atom is 0.402 e. The second-order valence-corrected chi connectivity index (χ2v) is 0.338. The molecule has 0 aliphatic carbocycles. The molecule has 32 valence electrons. The van der Waals surface area contributed by atoms with Gasteiger partial charge in [0.25, 0.3) is 0 Å². The van der Waals surface area contributed by atoms with Crippen LogP contribution in [0.15, 0.2) is 0 Å². The molecule has 0 radical (unpaired) electrons. The van der Waals surface area contributed by atoms with Gasteiger partial charge in [0, 0.05) is 0 Å². The molecule has 1 amide bonds. The van der Waals surface area contributed by atoms with Gasteiger partial charge in [-0.2, -0.15) is 13.5 Å². The molecule has 0 heterocycles. The number of rotatable bonds is 0. The van der Waals surface area contributed by atoms with E-state index in [0.717, 1.165) is 0 Å². The average molecular weight is 95.1 g/mol. The summed E-state index contributed by atoms with van der Waals surface area (Å²) in [6, 6.07) is 0. The largest absolute Gasteiger partial charge is 0.465 e. The van der Waals surface area contributed by atoms with Crippen molar-refractivity contribution in [1.29, 1.82) is 0 Å². The molecule has 3 N–H and O–H groups in total. The highest BCUT2D eigenvalue weighted by atomic mass is 32.1. The lowest BCUT2D eigenvalue weighted by Crippen LogP contribution is -2.03. The summed E-state index contributed by atoms with van der Waals surface area (Å²) in [5.41, 5.74) is 4.03. The van der Waals surface area contributed by atoms with Crippen LogP contribution in [-0.2, 0) is 0 Å². The molecule has 5 heavy (non-hydrogen) atoms. The molecule has 0 atom stereocenters. The maximum absolute atomic E-state index is 8.78. The molecule has 0 rings (SSSR count). The zero-order valence-electron chi connectivity index (χ0n) is 2.43. The van der Waals surface area contributed by atoms with Crippen LogP contribution in [-0.4, -0.2) is 11.2 Å². The molecular formula is CH5NO2S. The molecule has 0 fully saturated rings. The Balaban J connectivity index is 0. The number of primary amides is 1. The Bertz CT molecular complexity index is 32.6. The van der Waals surface area contributed by atoms with E-state index in [1.807, 2.05) is 0 Å². The molecule has 0 spiro atoms. The van der Waals surface area contributed by atoms with Crippen LogP contribution >= 0.6 is 13.5 Å². The van der Waals surface area contributed by atoms with Gasteiger partial charge in [-0.05, 0) is 0 Å². The highest BCUT2D eigenvalue weighted by molar-refractivity contribution is 7.59. The third-order valence-corrected chi connectivity index (χ3v) is 0. The molecule has 0 aromatic carbocycles. The fourth-order valence-corrected chi connectivity index (χ4v) is 0. The number of amides is 1. The summed E-state index contributed by atoms with van der Waals surface area (Å²) >= 11 is 0. The summed E-state index contributed by atoms with van der Waals surface area (Å²) in [5.74, 6) is 0. The summed E-state index contributed by atoms with van der Waals surface area (Å²) in [7, 11) is 0. The molecule has 0 unspecified atom stereocenters. The van der Waals surface area contributed by atoms with Gasteiger partial charge in [-0.3, -0.25) is 0 Å². The first-order valence-corrected chi connectivity index (χ1v) is 0.716. The average Bonchev–Trinajstić information content (AvgIpc) is 0.811. The Morgan fingerprint density at radius 1 is 1.80 bits per heavy atom. The van der Waals surface area contributed by atoms with E-state index in [9.17, 15) is 0 Å². The number of hydrogen-bond acceptors (Lipinski definition) is 1. The lowest BCUT2D eigenvalue weighted by Gasteiger charge is -1.61. The van der Waals surface area contributed by atoms with Crippen molar-refractivity contribution < 1.29 is 9.90 Å². The van der Waals surface area contributed by atoms with Crippen LogP contribution in [0.2, 0.25) is 0 Å². The molecule has 0 aliphatic rings. The molecule has 3 nitrogen and oxygen atoms in total. The van der Waals surface area contributed by atoms with Gasteiger partial charge < -0.3 is 10.8 Å². The minimum Gasteiger partial charge on any atom is -0.465 e. The van der Waals surface area contributed by atoms with E-state index in [1.54, 1.807) is 0 Å². The summed E-state index contributed by atoms with van der Waals surface area (Å²) in [6.07, 6.45) is -1.33. The van der Waals surface area contributed by atoms with Gasteiger partial charge in [-0.15, -0.1) is 0 Å². The van der Waals surface area contributed by atoms with Gasteiger partial charge in [0.15, 0.2) is 0 Å². The monoisotopic (exact) mass is 95.0 g/mol. The lowest BCUT2D eigenvalue weighted by molar-refractivity contribution is 0.205. The van der Waals surface area contributed by atoms with Gasteiger partial charge in [-0.1, -0.05) is 0 Å². The van der Waals surface area contributed by atoms with Gasteiger partial charge in [0.2, 0.25) is 0 Å². The van der Waals surface area contributed by atoms with Crippen LogP contribution in [0.4, 0.5) is 4.79 Å². The Hall–Kier alpha value is -0.380. The minimum atomic E-state index is -1.33. The van der Waals surface area contributed by atoms with Crippen molar-refractivity contribution in [3.8, 4) is 0 Å². The van der Waals surface area contributed by atoms with Crippen LogP contribution in [0.1, 0.15) is 0 Å².